The fraction of sp³-hybridized carbons (Fsp3) is 0.640. The number of anilines is 3. The van der Waals surface area contributed by atoms with Crippen LogP contribution in [0.5, 0.6) is 0 Å². The zero-order chi connectivity index (χ0) is 24.6. The largest absolute Gasteiger partial charge is 0.365 e. The molecule has 9 nitrogen and oxygen atoms in total. The Morgan fingerprint density at radius 2 is 1.97 bits per heavy atom. The molecule has 2 aliphatic rings. The number of rotatable bonds is 10. The highest BCUT2D eigenvalue weighted by Gasteiger charge is 2.31. The molecular weight excluding hydrogens is 456 g/mol. The lowest BCUT2D eigenvalue weighted by molar-refractivity contribution is 0.0898. The van der Waals surface area contributed by atoms with Crippen molar-refractivity contribution in [2.45, 2.75) is 83.0 Å². The van der Waals surface area contributed by atoms with Crippen LogP contribution in [-0.4, -0.2) is 57.6 Å². The summed E-state index contributed by atoms with van der Waals surface area (Å²) in [4.78, 5) is 9.97. The van der Waals surface area contributed by atoms with Gasteiger partial charge >= 0.3 is 0 Å². The zero-order valence-corrected chi connectivity index (χ0v) is 22.8. The van der Waals surface area contributed by atoms with Crippen molar-refractivity contribution in [1.82, 2.24) is 29.6 Å². The molecule has 190 valence electrons. The fourth-order valence-electron chi connectivity index (χ4n) is 4.65. The Hall–Kier alpha value is -2.43. The Kier molecular flexibility index (Phi) is 6.87. The summed E-state index contributed by atoms with van der Waals surface area (Å²) in [5.41, 5.74) is 3.15. The monoisotopic (exact) mass is 496 g/mol. The first kappa shape index (κ1) is 24.3. The molecule has 1 aliphatic carbocycles. The van der Waals surface area contributed by atoms with Crippen molar-refractivity contribution in [3.05, 3.63) is 24.2 Å². The van der Waals surface area contributed by atoms with E-state index in [0.717, 1.165) is 54.6 Å². The van der Waals surface area contributed by atoms with Gasteiger partial charge in [-0.3, -0.25) is 4.68 Å². The molecule has 2 atom stereocenters. The van der Waals surface area contributed by atoms with Crippen LogP contribution in [0.15, 0.2) is 18.6 Å². The van der Waals surface area contributed by atoms with Gasteiger partial charge in [-0.15, -0.1) is 0 Å². The summed E-state index contributed by atoms with van der Waals surface area (Å²) in [6.45, 7) is 11.6. The first-order valence-electron chi connectivity index (χ1n) is 13.0. The summed E-state index contributed by atoms with van der Waals surface area (Å²) in [7, 11) is 0.772. The molecule has 10 heteroatoms. The van der Waals surface area contributed by atoms with Crippen molar-refractivity contribution >= 4 is 36.6 Å². The number of nitrogens with one attached hydrogen (secondary N) is 3. The number of aromatic nitrogens is 5. The van der Waals surface area contributed by atoms with Crippen molar-refractivity contribution in [2.24, 2.45) is 7.05 Å². The molecule has 0 spiro atoms. The van der Waals surface area contributed by atoms with Gasteiger partial charge in [-0.1, -0.05) is 19.6 Å². The summed E-state index contributed by atoms with van der Waals surface area (Å²) < 4.78 is 10.1. The first-order chi connectivity index (χ1) is 16.7. The van der Waals surface area contributed by atoms with Crippen LogP contribution in [0.2, 0.25) is 25.7 Å². The average molecular weight is 497 g/mol. The first-order valence-corrected chi connectivity index (χ1v) is 16.7. The van der Waals surface area contributed by atoms with Gasteiger partial charge in [0.05, 0.1) is 17.3 Å². The smallest absolute Gasteiger partial charge is 0.231 e. The second-order valence-corrected chi connectivity index (χ2v) is 17.1. The van der Waals surface area contributed by atoms with Crippen LogP contribution in [0.4, 0.5) is 17.5 Å². The Balaban J connectivity index is 1.48. The summed E-state index contributed by atoms with van der Waals surface area (Å²) in [5.74, 6) is 2.09. The van der Waals surface area contributed by atoms with Crippen LogP contribution in [0, 0.1) is 0 Å². The standard InChI is InChI=1S/C25H40N8OSi/c1-17-6-9-19(12-26-17)28-23-22-21(18-7-8-18)15-33(16-34-10-11-35(3,4)5)24(22)31-25(30-23)29-20-13-27-32(2)14-20/h13-15,17-19,26H,6-12,16H2,1-5H3,(H2,28,29,30,31)/t17-,19+/m0/s1. The highest BCUT2D eigenvalue weighted by Crippen LogP contribution is 2.45. The molecule has 35 heavy (non-hydrogen) atoms. The maximum atomic E-state index is 6.15. The number of aryl methyl sites for hydroxylation is 1. The van der Waals surface area contributed by atoms with E-state index in [1.165, 1.54) is 18.4 Å². The molecule has 2 fully saturated rings. The lowest BCUT2D eigenvalue weighted by atomic mass is 10.0. The van der Waals surface area contributed by atoms with Crippen LogP contribution >= 0.6 is 0 Å². The van der Waals surface area contributed by atoms with E-state index in [9.17, 15) is 0 Å². The van der Waals surface area contributed by atoms with Crippen LogP contribution in [0.1, 0.15) is 44.1 Å². The van der Waals surface area contributed by atoms with Gasteiger partial charge in [0, 0.05) is 52.8 Å². The summed E-state index contributed by atoms with van der Waals surface area (Å²) in [6, 6.07) is 2.07. The third kappa shape index (κ3) is 6.04. The molecule has 1 saturated heterocycles. The molecule has 0 radical (unpaired) electrons. The lowest BCUT2D eigenvalue weighted by Crippen LogP contribution is -2.43. The topological polar surface area (TPSA) is 93.9 Å². The highest BCUT2D eigenvalue weighted by molar-refractivity contribution is 6.76. The number of hydrogen-bond donors (Lipinski definition) is 3. The van der Waals surface area contributed by atoms with Crippen molar-refractivity contribution in [3.8, 4) is 0 Å². The van der Waals surface area contributed by atoms with Gasteiger partial charge in [0.2, 0.25) is 5.95 Å². The van der Waals surface area contributed by atoms with Gasteiger partial charge in [0.15, 0.2) is 0 Å². The van der Waals surface area contributed by atoms with E-state index in [1.54, 1.807) is 10.9 Å². The maximum Gasteiger partial charge on any atom is 0.231 e. The van der Waals surface area contributed by atoms with Gasteiger partial charge in [0.1, 0.15) is 18.2 Å². The predicted octanol–water partition coefficient (Wildman–Crippen LogP) is 4.65. The summed E-state index contributed by atoms with van der Waals surface area (Å²) >= 11 is 0. The highest BCUT2D eigenvalue weighted by atomic mass is 28.3. The van der Waals surface area contributed by atoms with E-state index >= 15 is 0 Å². The SMILES string of the molecule is C[C@H]1CC[C@@H](Nc2nc(Nc3cnn(C)c3)nc3c2c(C2CC2)cn3COCC[Si](C)(C)C)CN1. The Bertz CT molecular complexity index is 1150. The quantitative estimate of drug-likeness (QED) is 0.278. The van der Waals surface area contributed by atoms with E-state index < -0.39 is 8.07 Å². The van der Waals surface area contributed by atoms with E-state index in [0.29, 0.717) is 30.7 Å². The number of ether oxygens (including phenoxy) is 1. The Morgan fingerprint density at radius 3 is 2.63 bits per heavy atom. The molecule has 0 bridgehead atoms. The predicted molar refractivity (Wildman–Crippen MR) is 144 cm³/mol. The summed E-state index contributed by atoms with van der Waals surface area (Å²) in [5, 5.41) is 16.2. The third-order valence-corrected chi connectivity index (χ3v) is 8.66. The Morgan fingerprint density at radius 1 is 1.14 bits per heavy atom. The van der Waals surface area contributed by atoms with Gasteiger partial charge in [-0.25, -0.2) is 0 Å². The molecule has 5 rings (SSSR count). The van der Waals surface area contributed by atoms with Crippen LogP contribution in [-0.2, 0) is 18.5 Å². The number of piperidine rings is 1. The van der Waals surface area contributed by atoms with Crippen molar-refractivity contribution < 1.29 is 4.74 Å². The normalized spacial score (nSPS) is 20.9. The second-order valence-electron chi connectivity index (χ2n) is 11.5. The molecule has 1 aliphatic heterocycles. The molecule has 0 aromatic carbocycles. The molecule has 4 heterocycles. The van der Waals surface area contributed by atoms with Crippen LogP contribution in [0.3, 0.4) is 0 Å². The van der Waals surface area contributed by atoms with Crippen molar-refractivity contribution in [1.29, 1.82) is 0 Å². The Labute approximate surface area is 209 Å². The average Bonchev–Trinajstić information content (AvgIpc) is 3.46. The zero-order valence-electron chi connectivity index (χ0n) is 21.8. The maximum absolute atomic E-state index is 6.15. The van der Waals surface area contributed by atoms with E-state index in [-0.39, 0.29) is 0 Å². The molecular formula is C25H40N8OSi. The van der Waals surface area contributed by atoms with Crippen molar-refractivity contribution in [2.75, 3.05) is 23.8 Å². The molecule has 0 unspecified atom stereocenters. The van der Waals surface area contributed by atoms with Crippen molar-refractivity contribution in [3.63, 3.8) is 0 Å². The molecule has 3 N–H and O–H groups in total. The fourth-order valence-corrected chi connectivity index (χ4v) is 5.41. The van der Waals surface area contributed by atoms with Crippen LogP contribution < -0.4 is 16.0 Å². The lowest BCUT2D eigenvalue weighted by Gasteiger charge is -2.29. The third-order valence-electron chi connectivity index (χ3n) is 6.95. The molecule has 1 saturated carbocycles. The molecule has 3 aromatic heterocycles. The molecule has 3 aromatic rings. The minimum Gasteiger partial charge on any atom is -0.365 e. The molecule has 0 amide bonds. The minimum absolute atomic E-state index is 0.346. The van der Waals surface area contributed by atoms with Gasteiger partial charge in [-0.05, 0) is 50.1 Å². The number of fused-ring (bicyclic) bond motifs is 1. The van der Waals surface area contributed by atoms with Gasteiger partial charge in [-0.2, -0.15) is 15.1 Å². The van der Waals surface area contributed by atoms with E-state index in [1.807, 2.05) is 13.2 Å². The van der Waals surface area contributed by atoms with Gasteiger partial charge in [0.25, 0.3) is 0 Å². The number of hydrogen-bond acceptors (Lipinski definition) is 7. The second kappa shape index (κ2) is 9.91. The minimum atomic E-state index is -1.13. The number of nitrogens with zero attached hydrogens (tertiary/aromatic N) is 5. The van der Waals surface area contributed by atoms with E-state index in [2.05, 4.69) is 58.4 Å². The van der Waals surface area contributed by atoms with Gasteiger partial charge < -0.3 is 25.3 Å². The van der Waals surface area contributed by atoms with Crippen LogP contribution in [0.25, 0.3) is 11.0 Å². The summed E-state index contributed by atoms with van der Waals surface area (Å²) in [6.07, 6.45) is 10.7. The van der Waals surface area contributed by atoms with E-state index in [4.69, 9.17) is 14.7 Å².